The molecule has 1 saturated carbocycles. The molecular formula is C14H19N3O3S. The maximum absolute atomic E-state index is 12.3. The van der Waals surface area contributed by atoms with Gasteiger partial charge in [0.1, 0.15) is 10.6 Å². The number of hydrogen-bond acceptors (Lipinski definition) is 7. The summed E-state index contributed by atoms with van der Waals surface area (Å²) in [5.74, 6) is -0.302. The lowest BCUT2D eigenvalue weighted by molar-refractivity contribution is 0.0603. The third-order valence-corrected chi connectivity index (χ3v) is 5.17. The van der Waals surface area contributed by atoms with Crippen LogP contribution in [0, 0.1) is 5.92 Å². The summed E-state index contributed by atoms with van der Waals surface area (Å²) in [6.07, 6.45) is 1.85. The number of ketones is 1. The largest absolute Gasteiger partial charge is 0.465 e. The molecular weight excluding hydrogens is 290 g/mol. The normalized spacial score (nSPS) is 18.6. The molecule has 21 heavy (non-hydrogen) atoms. The molecule has 3 rings (SSSR count). The van der Waals surface area contributed by atoms with Gasteiger partial charge in [-0.05, 0) is 12.8 Å². The molecule has 1 saturated heterocycles. The Morgan fingerprint density at radius 2 is 2.00 bits per heavy atom. The highest BCUT2D eigenvalue weighted by molar-refractivity contribution is 7.19. The van der Waals surface area contributed by atoms with Crippen molar-refractivity contribution in [1.82, 2.24) is 5.32 Å². The third kappa shape index (κ3) is 2.63. The van der Waals surface area contributed by atoms with Crippen molar-refractivity contribution in [3.05, 3.63) is 10.4 Å². The van der Waals surface area contributed by atoms with Crippen LogP contribution in [0.5, 0.6) is 0 Å². The molecule has 6 nitrogen and oxygen atoms in total. The first kappa shape index (κ1) is 14.3. The van der Waals surface area contributed by atoms with Crippen molar-refractivity contribution in [3.8, 4) is 0 Å². The maximum Gasteiger partial charge on any atom is 0.343 e. The summed E-state index contributed by atoms with van der Waals surface area (Å²) in [6.45, 7) is 3.29. The molecule has 0 atom stereocenters. The molecule has 3 N–H and O–H groups in total. The summed E-state index contributed by atoms with van der Waals surface area (Å²) < 4.78 is 4.85. The van der Waals surface area contributed by atoms with Gasteiger partial charge in [0.25, 0.3) is 0 Å². The van der Waals surface area contributed by atoms with Crippen LogP contribution in [0.3, 0.4) is 0 Å². The maximum atomic E-state index is 12.3. The molecule has 1 aliphatic carbocycles. The Morgan fingerprint density at radius 1 is 1.33 bits per heavy atom. The minimum absolute atomic E-state index is 0.0732. The molecule has 1 aliphatic heterocycles. The molecule has 2 fully saturated rings. The number of hydrogen-bond donors (Lipinski definition) is 2. The number of piperazine rings is 1. The van der Waals surface area contributed by atoms with E-state index in [0.29, 0.717) is 10.4 Å². The summed E-state index contributed by atoms with van der Waals surface area (Å²) in [7, 11) is 1.34. The number of methoxy groups -OCH3 is 1. The Kier molecular flexibility index (Phi) is 3.86. The van der Waals surface area contributed by atoms with Crippen LogP contribution in [0.2, 0.25) is 0 Å². The minimum Gasteiger partial charge on any atom is -0.465 e. The fourth-order valence-electron chi connectivity index (χ4n) is 2.54. The minimum atomic E-state index is -0.466. The van der Waals surface area contributed by atoms with E-state index in [1.807, 2.05) is 0 Å². The first-order valence-corrected chi connectivity index (χ1v) is 7.95. The summed E-state index contributed by atoms with van der Waals surface area (Å²) in [5.41, 5.74) is 6.74. The highest BCUT2D eigenvalue weighted by atomic mass is 32.1. The van der Waals surface area contributed by atoms with Gasteiger partial charge in [-0.3, -0.25) is 4.79 Å². The second-order valence-corrected chi connectivity index (χ2v) is 6.39. The zero-order chi connectivity index (χ0) is 15.0. The second-order valence-electron chi connectivity index (χ2n) is 5.39. The zero-order valence-corrected chi connectivity index (χ0v) is 12.8. The van der Waals surface area contributed by atoms with E-state index in [1.165, 1.54) is 18.4 Å². The van der Waals surface area contributed by atoms with Crippen LogP contribution in [0.4, 0.5) is 10.7 Å². The van der Waals surface area contributed by atoms with Gasteiger partial charge in [0.15, 0.2) is 5.78 Å². The highest BCUT2D eigenvalue weighted by Gasteiger charge is 2.36. The Balaban J connectivity index is 2.01. The Labute approximate surface area is 127 Å². The Morgan fingerprint density at radius 3 is 2.57 bits per heavy atom. The third-order valence-electron chi connectivity index (χ3n) is 3.89. The van der Waals surface area contributed by atoms with Gasteiger partial charge in [0.2, 0.25) is 0 Å². The number of anilines is 2. The molecule has 2 heterocycles. The fraction of sp³-hybridized carbons (Fsp3) is 0.571. The first-order chi connectivity index (χ1) is 10.1. The van der Waals surface area contributed by atoms with E-state index in [0.717, 1.165) is 44.0 Å². The van der Waals surface area contributed by atoms with Gasteiger partial charge in [-0.1, -0.05) is 0 Å². The highest BCUT2D eigenvalue weighted by Crippen LogP contribution is 2.43. The number of Topliss-reactive ketones (excluding diaryl/α,β-unsaturated/α-hetero) is 1. The summed E-state index contributed by atoms with van der Waals surface area (Å²) in [4.78, 5) is 27.0. The van der Waals surface area contributed by atoms with E-state index < -0.39 is 5.97 Å². The van der Waals surface area contributed by atoms with E-state index in [9.17, 15) is 9.59 Å². The monoisotopic (exact) mass is 309 g/mol. The molecule has 0 spiro atoms. The van der Waals surface area contributed by atoms with Crippen LogP contribution in [-0.4, -0.2) is 45.0 Å². The van der Waals surface area contributed by atoms with Crippen molar-refractivity contribution in [1.29, 1.82) is 0 Å². The number of thiophene rings is 1. The summed E-state index contributed by atoms with van der Waals surface area (Å²) in [5, 5.41) is 4.04. The van der Waals surface area contributed by atoms with E-state index in [2.05, 4.69) is 10.2 Å². The molecule has 1 aromatic heterocycles. The zero-order valence-electron chi connectivity index (χ0n) is 12.0. The molecule has 0 bridgehead atoms. The lowest BCUT2D eigenvalue weighted by atomic mass is 10.1. The standard InChI is InChI=1S/C14H19N3O3S/c1-20-14(19)9-10(15)12(11(18)8-2-3-8)21-13(9)17-6-4-16-5-7-17/h8,16H,2-7,15H2,1H3. The van der Waals surface area contributed by atoms with E-state index in [-0.39, 0.29) is 17.4 Å². The molecule has 0 aromatic carbocycles. The van der Waals surface area contributed by atoms with E-state index in [4.69, 9.17) is 10.5 Å². The summed E-state index contributed by atoms with van der Waals surface area (Å²) >= 11 is 1.34. The molecule has 1 aromatic rings. The first-order valence-electron chi connectivity index (χ1n) is 7.14. The number of nitrogens with two attached hydrogens (primary N) is 1. The van der Waals surface area contributed by atoms with Gasteiger partial charge in [-0.2, -0.15) is 0 Å². The van der Waals surface area contributed by atoms with Crippen LogP contribution < -0.4 is 16.0 Å². The van der Waals surface area contributed by atoms with Crippen molar-refractivity contribution in [3.63, 3.8) is 0 Å². The molecule has 2 aliphatic rings. The number of nitrogens with one attached hydrogen (secondary N) is 1. The van der Waals surface area contributed by atoms with Gasteiger partial charge in [-0.15, -0.1) is 11.3 Å². The quantitative estimate of drug-likeness (QED) is 0.640. The van der Waals surface area contributed by atoms with E-state index >= 15 is 0 Å². The Hall–Kier alpha value is -1.60. The SMILES string of the molecule is COC(=O)c1c(N2CCNCC2)sc(C(=O)C2CC2)c1N. The van der Waals surface area contributed by atoms with Crippen molar-refractivity contribution in [2.75, 3.05) is 43.9 Å². The van der Waals surface area contributed by atoms with Crippen molar-refractivity contribution in [2.45, 2.75) is 12.8 Å². The smallest absolute Gasteiger partial charge is 0.343 e. The van der Waals surface area contributed by atoms with E-state index in [1.54, 1.807) is 0 Å². The predicted octanol–water partition coefficient (Wildman–Crippen LogP) is 1.12. The lowest BCUT2D eigenvalue weighted by Crippen LogP contribution is -2.43. The molecule has 0 radical (unpaired) electrons. The second kappa shape index (κ2) is 5.65. The van der Waals surface area contributed by atoms with Crippen LogP contribution in [-0.2, 0) is 4.74 Å². The van der Waals surface area contributed by atoms with Crippen molar-refractivity contribution >= 4 is 33.8 Å². The van der Waals surface area contributed by atoms with Gasteiger partial charge >= 0.3 is 5.97 Å². The molecule has 0 unspecified atom stereocenters. The average molecular weight is 309 g/mol. The summed E-state index contributed by atoms with van der Waals surface area (Å²) in [6, 6.07) is 0. The fourth-order valence-corrected chi connectivity index (χ4v) is 3.81. The number of nitrogens with zero attached hydrogens (tertiary/aromatic N) is 1. The van der Waals surface area contributed by atoms with Crippen molar-refractivity contribution in [2.24, 2.45) is 5.92 Å². The van der Waals surface area contributed by atoms with Gasteiger partial charge in [0.05, 0.1) is 17.7 Å². The topological polar surface area (TPSA) is 84.7 Å². The number of rotatable bonds is 4. The van der Waals surface area contributed by atoms with Gasteiger partial charge < -0.3 is 20.7 Å². The van der Waals surface area contributed by atoms with Crippen LogP contribution in [0.1, 0.15) is 32.9 Å². The number of nitrogen functional groups attached to an aromatic ring is 1. The van der Waals surface area contributed by atoms with Crippen LogP contribution >= 0.6 is 11.3 Å². The lowest BCUT2D eigenvalue weighted by Gasteiger charge is -2.28. The molecule has 114 valence electrons. The number of carbonyl (C=O) groups excluding carboxylic acids is 2. The Bertz CT molecular complexity index is 574. The van der Waals surface area contributed by atoms with Crippen LogP contribution in [0.25, 0.3) is 0 Å². The van der Waals surface area contributed by atoms with Crippen LogP contribution in [0.15, 0.2) is 0 Å². The number of carbonyl (C=O) groups is 2. The number of esters is 1. The predicted molar refractivity (Wildman–Crippen MR) is 82.2 cm³/mol. The van der Waals surface area contributed by atoms with Crippen molar-refractivity contribution < 1.29 is 14.3 Å². The molecule has 0 amide bonds. The molecule has 7 heteroatoms. The van der Waals surface area contributed by atoms with Gasteiger partial charge in [0, 0.05) is 32.1 Å². The average Bonchev–Trinajstić information content (AvgIpc) is 3.30. The number of ether oxygens (including phenoxy) is 1. The van der Waals surface area contributed by atoms with Gasteiger partial charge in [-0.25, -0.2) is 4.79 Å².